The first-order valence-corrected chi connectivity index (χ1v) is 14.4. The van der Waals surface area contributed by atoms with E-state index >= 15 is 0 Å². The zero-order valence-corrected chi connectivity index (χ0v) is 25.2. The van der Waals surface area contributed by atoms with Crippen LogP contribution in [0, 0.1) is 18.4 Å². The van der Waals surface area contributed by atoms with Gasteiger partial charge in [0.1, 0.15) is 0 Å². The van der Waals surface area contributed by atoms with Crippen molar-refractivity contribution in [1.82, 2.24) is 14.5 Å². The SMILES string of the molecule is Cc1c(-c2cn(C#N)c(=O)c(Nc3ccc(C(=O)N4CCOCC4)cc3)n2)cccc1N(C(=O)c1ccccc1)C(C)(C)C. The molecule has 0 spiro atoms. The van der Waals surface area contributed by atoms with Gasteiger partial charge < -0.3 is 19.9 Å². The van der Waals surface area contributed by atoms with Crippen molar-refractivity contribution >= 4 is 29.0 Å². The number of carbonyl (C=O) groups excluding carboxylic acids is 2. The molecule has 224 valence electrons. The number of nitrogens with zero attached hydrogens (tertiary/aromatic N) is 5. The van der Waals surface area contributed by atoms with Crippen LogP contribution in [0.4, 0.5) is 17.2 Å². The van der Waals surface area contributed by atoms with Crippen LogP contribution in [0.2, 0.25) is 0 Å². The van der Waals surface area contributed by atoms with Gasteiger partial charge in [-0.25, -0.2) is 9.55 Å². The molecule has 1 aliphatic heterocycles. The molecule has 1 N–H and O–H groups in total. The summed E-state index contributed by atoms with van der Waals surface area (Å²) in [5, 5.41) is 12.8. The van der Waals surface area contributed by atoms with E-state index in [1.807, 2.05) is 70.3 Å². The van der Waals surface area contributed by atoms with Crippen LogP contribution in [0.15, 0.2) is 83.8 Å². The summed E-state index contributed by atoms with van der Waals surface area (Å²) in [6.45, 7) is 9.90. The Balaban J connectivity index is 1.49. The highest BCUT2D eigenvalue weighted by Crippen LogP contribution is 2.34. The summed E-state index contributed by atoms with van der Waals surface area (Å²) in [7, 11) is 0. The minimum atomic E-state index is -0.617. The monoisotopic (exact) mass is 590 g/mol. The predicted octanol–water partition coefficient (Wildman–Crippen LogP) is 5.21. The van der Waals surface area contributed by atoms with Crippen LogP contribution < -0.4 is 15.8 Å². The van der Waals surface area contributed by atoms with E-state index in [1.165, 1.54) is 6.20 Å². The van der Waals surface area contributed by atoms with Gasteiger partial charge in [0.25, 0.3) is 11.8 Å². The van der Waals surface area contributed by atoms with Crippen molar-refractivity contribution in [3.8, 4) is 17.5 Å². The van der Waals surface area contributed by atoms with E-state index in [0.717, 1.165) is 10.1 Å². The summed E-state index contributed by atoms with van der Waals surface area (Å²) < 4.78 is 6.25. The number of amides is 2. The Morgan fingerprint density at radius 3 is 2.27 bits per heavy atom. The molecule has 0 aliphatic carbocycles. The van der Waals surface area contributed by atoms with Crippen molar-refractivity contribution in [1.29, 1.82) is 5.26 Å². The van der Waals surface area contributed by atoms with Crippen molar-refractivity contribution in [2.24, 2.45) is 0 Å². The summed E-state index contributed by atoms with van der Waals surface area (Å²) in [6.07, 6.45) is 3.31. The molecule has 2 amide bonds. The molecule has 10 nitrogen and oxygen atoms in total. The van der Waals surface area contributed by atoms with Crippen LogP contribution in [-0.4, -0.2) is 58.1 Å². The zero-order valence-electron chi connectivity index (χ0n) is 25.2. The number of morpholine rings is 1. The smallest absolute Gasteiger partial charge is 0.306 e. The Morgan fingerprint density at radius 1 is 0.955 bits per heavy atom. The number of rotatable bonds is 6. The van der Waals surface area contributed by atoms with Crippen LogP contribution in [0.3, 0.4) is 0 Å². The minimum absolute atomic E-state index is 0.0471. The molecule has 0 atom stereocenters. The Hall–Kier alpha value is -5.27. The van der Waals surface area contributed by atoms with Crippen LogP contribution in [0.25, 0.3) is 11.3 Å². The molecular weight excluding hydrogens is 556 g/mol. The van der Waals surface area contributed by atoms with E-state index in [9.17, 15) is 19.6 Å². The Bertz CT molecular complexity index is 1780. The average molecular weight is 591 g/mol. The first kappa shape index (κ1) is 30.2. The lowest BCUT2D eigenvalue weighted by atomic mass is 9.97. The molecule has 1 aliphatic rings. The summed E-state index contributed by atoms with van der Waals surface area (Å²) in [5.74, 6) is -0.280. The highest BCUT2D eigenvalue weighted by atomic mass is 16.5. The fourth-order valence-corrected chi connectivity index (χ4v) is 5.19. The van der Waals surface area contributed by atoms with Gasteiger partial charge in [-0.2, -0.15) is 5.26 Å². The quantitative estimate of drug-likeness (QED) is 0.327. The van der Waals surface area contributed by atoms with Gasteiger partial charge in [0, 0.05) is 46.7 Å². The molecule has 1 aromatic heterocycles. The average Bonchev–Trinajstić information content (AvgIpc) is 3.03. The number of nitrogens with one attached hydrogen (secondary N) is 1. The molecule has 0 bridgehead atoms. The fraction of sp³-hybridized carbons (Fsp3) is 0.265. The topological polar surface area (TPSA) is 121 Å². The molecular formula is C34H34N6O4. The maximum Gasteiger partial charge on any atom is 0.306 e. The highest BCUT2D eigenvalue weighted by Gasteiger charge is 2.31. The maximum absolute atomic E-state index is 13.7. The van der Waals surface area contributed by atoms with Crippen LogP contribution >= 0.6 is 0 Å². The van der Waals surface area contributed by atoms with Crippen molar-refractivity contribution in [3.05, 3.63) is 106 Å². The number of aromatic nitrogens is 2. The number of anilines is 3. The lowest BCUT2D eigenvalue weighted by Crippen LogP contribution is -2.46. The van der Waals surface area contributed by atoms with Gasteiger partial charge >= 0.3 is 5.56 Å². The first-order chi connectivity index (χ1) is 21.1. The summed E-state index contributed by atoms with van der Waals surface area (Å²) >= 11 is 0. The Morgan fingerprint density at radius 2 is 1.64 bits per heavy atom. The second-order valence-corrected chi connectivity index (χ2v) is 11.5. The van der Waals surface area contributed by atoms with E-state index in [0.29, 0.717) is 60.1 Å². The lowest BCUT2D eigenvalue weighted by molar-refractivity contribution is 0.0303. The van der Waals surface area contributed by atoms with Crippen molar-refractivity contribution in [3.63, 3.8) is 0 Å². The number of benzene rings is 3. The van der Waals surface area contributed by atoms with Crippen molar-refractivity contribution in [2.75, 3.05) is 36.5 Å². The third kappa shape index (κ3) is 6.23. The van der Waals surface area contributed by atoms with Gasteiger partial charge in [-0.3, -0.25) is 14.4 Å². The number of nitriles is 1. The number of hydrogen-bond donors (Lipinski definition) is 1. The summed E-state index contributed by atoms with van der Waals surface area (Å²) in [4.78, 5) is 47.8. The van der Waals surface area contributed by atoms with E-state index in [4.69, 9.17) is 4.74 Å². The van der Waals surface area contributed by atoms with Crippen LogP contribution in [0.5, 0.6) is 0 Å². The molecule has 0 saturated carbocycles. The van der Waals surface area contributed by atoms with E-state index < -0.39 is 11.1 Å². The van der Waals surface area contributed by atoms with Gasteiger partial charge in [0.05, 0.1) is 25.1 Å². The standard InChI is InChI=1S/C34H34N6O4/c1-23-27(11-8-12-29(23)40(34(2,3)4)32(42)24-9-6-5-7-10-24)28-21-39(22-35)33(43)30(37-28)36-26-15-13-25(14-16-26)31(41)38-17-19-44-20-18-38/h5-16,21H,17-20H2,1-4H3,(H,36,37). The second kappa shape index (κ2) is 12.5. The Labute approximate surface area is 256 Å². The highest BCUT2D eigenvalue weighted by molar-refractivity contribution is 6.07. The van der Waals surface area contributed by atoms with Gasteiger partial charge in [0.2, 0.25) is 0 Å². The molecule has 2 heterocycles. The van der Waals surface area contributed by atoms with Crippen LogP contribution in [0.1, 0.15) is 47.1 Å². The van der Waals surface area contributed by atoms with Gasteiger partial charge in [0.15, 0.2) is 12.0 Å². The number of hydrogen-bond acceptors (Lipinski definition) is 7. The first-order valence-electron chi connectivity index (χ1n) is 14.4. The largest absolute Gasteiger partial charge is 0.378 e. The second-order valence-electron chi connectivity index (χ2n) is 11.5. The molecule has 5 rings (SSSR count). The molecule has 1 saturated heterocycles. The molecule has 0 radical (unpaired) electrons. The molecule has 4 aromatic rings. The molecule has 3 aromatic carbocycles. The normalized spacial score (nSPS) is 13.2. The number of ether oxygens (including phenoxy) is 1. The van der Waals surface area contributed by atoms with Gasteiger partial charge in [-0.05, 0) is 75.7 Å². The number of carbonyl (C=O) groups is 2. The molecule has 1 fully saturated rings. The van der Waals surface area contributed by atoms with E-state index in [1.54, 1.807) is 46.2 Å². The van der Waals surface area contributed by atoms with E-state index in [-0.39, 0.29) is 17.6 Å². The maximum atomic E-state index is 13.7. The third-order valence-corrected chi connectivity index (χ3v) is 7.42. The molecule has 0 unspecified atom stereocenters. The summed E-state index contributed by atoms with van der Waals surface area (Å²) in [6, 6.07) is 21.4. The van der Waals surface area contributed by atoms with Crippen molar-refractivity contribution < 1.29 is 14.3 Å². The third-order valence-electron chi connectivity index (χ3n) is 7.42. The van der Waals surface area contributed by atoms with Gasteiger partial charge in [-0.15, -0.1) is 0 Å². The summed E-state index contributed by atoms with van der Waals surface area (Å²) in [5.41, 5.74) is 2.94. The minimum Gasteiger partial charge on any atom is -0.378 e. The Kier molecular flexibility index (Phi) is 8.60. The van der Waals surface area contributed by atoms with Crippen LogP contribution in [-0.2, 0) is 4.74 Å². The van der Waals surface area contributed by atoms with E-state index in [2.05, 4.69) is 10.3 Å². The fourth-order valence-electron chi connectivity index (χ4n) is 5.19. The van der Waals surface area contributed by atoms with Crippen molar-refractivity contribution in [2.45, 2.75) is 33.2 Å². The zero-order chi connectivity index (χ0) is 31.4. The van der Waals surface area contributed by atoms with Gasteiger partial charge in [-0.1, -0.05) is 30.3 Å². The molecule has 44 heavy (non-hydrogen) atoms. The lowest BCUT2D eigenvalue weighted by Gasteiger charge is -2.37. The predicted molar refractivity (Wildman–Crippen MR) is 169 cm³/mol. The molecule has 10 heteroatoms.